The van der Waals surface area contributed by atoms with Gasteiger partial charge < -0.3 is 0 Å². The van der Waals surface area contributed by atoms with Gasteiger partial charge in [-0.1, -0.05) is 84.9 Å². The van der Waals surface area contributed by atoms with Crippen LogP contribution in [0.25, 0.3) is 21.5 Å². The van der Waals surface area contributed by atoms with E-state index in [0.29, 0.717) is 11.4 Å². The van der Waals surface area contributed by atoms with Crippen molar-refractivity contribution in [2.24, 2.45) is 47.3 Å². The molecule has 2 bridgehead atoms. The Bertz CT molecular complexity index is 1810. The molecule has 2 saturated heterocycles. The van der Waals surface area contributed by atoms with Crippen LogP contribution in [0.1, 0.15) is 0 Å². The van der Waals surface area contributed by atoms with Gasteiger partial charge in [0.25, 0.3) is 0 Å². The molecule has 2 saturated carbocycles. The van der Waals surface area contributed by atoms with Crippen LogP contribution in [0.3, 0.4) is 0 Å². The summed E-state index contributed by atoms with van der Waals surface area (Å²) in [6.07, 6.45) is 4.11. The average Bonchev–Trinajstić information content (AvgIpc) is 3.36. The lowest BCUT2D eigenvalue weighted by atomic mass is 9.40. The first-order valence-electron chi connectivity index (χ1n) is 14.0. The lowest BCUT2D eigenvalue weighted by Gasteiger charge is -2.60. The van der Waals surface area contributed by atoms with Crippen LogP contribution in [-0.4, -0.2) is 23.6 Å². The minimum Gasteiger partial charge on any atom is -0.274 e. The molecule has 0 unspecified atom stereocenters. The quantitative estimate of drug-likeness (QED) is 0.274. The highest BCUT2D eigenvalue weighted by molar-refractivity contribution is 6.27. The lowest BCUT2D eigenvalue weighted by Crippen LogP contribution is -2.63. The zero-order valence-corrected chi connectivity index (χ0v) is 21.4. The molecule has 4 fully saturated rings. The molecule has 10 rings (SSSR count). The Balaban J connectivity index is 1.11. The van der Waals surface area contributed by atoms with Crippen molar-refractivity contribution in [1.29, 1.82) is 0 Å². The molecule has 4 aromatic carbocycles. The number of imide groups is 2. The van der Waals surface area contributed by atoms with Crippen molar-refractivity contribution in [2.75, 3.05) is 9.80 Å². The van der Waals surface area contributed by atoms with E-state index in [1.165, 1.54) is 9.80 Å². The number of hydrogen-bond acceptors (Lipinski definition) is 4. The van der Waals surface area contributed by atoms with Crippen molar-refractivity contribution in [2.45, 2.75) is 0 Å². The molecule has 6 aliphatic rings. The van der Waals surface area contributed by atoms with Gasteiger partial charge in [0.05, 0.1) is 35.0 Å². The second kappa shape index (κ2) is 7.54. The van der Waals surface area contributed by atoms with Crippen molar-refractivity contribution >= 4 is 56.5 Å². The van der Waals surface area contributed by atoms with Gasteiger partial charge in [0.2, 0.25) is 23.6 Å². The van der Waals surface area contributed by atoms with Crippen LogP contribution in [0.5, 0.6) is 0 Å². The Kier molecular flexibility index (Phi) is 4.19. The standard InChI is InChI=1S/C34H24N2O4/c37-31-27-21-15-16-22(28(27)32(38)35(31)23-13-5-9-17-7-1-3-11-19(17)23)26-25(21)29-30(26)34(40)36(33(29)39)24-14-6-10-18-8-2-4-12-20(18)24/h1-16,21-22,25-30H/t21-,22-,25-,26-,27-,28+,29-,30+/m0/s1. The Morgan fingerprint density at radius 3 is 1.25 bits per heavy atom. The van der Waals surface area contributed by atoms with Gasteiger partial charge in [0, 0.05) is 10.8 Å². The summed E-state index contributed by atoms with van der Waals surface area (Å²) in [4.78, 5) is 58.7. The van der Waals surface area contributed by atoms with E-state index in [1.807, 2.05) is 84.9 Å². The third kappa shape index (κ3) is 2.50. The fraction of sp³-hybridized carbons (Fsp3) is 0.235. The minimum atomic E-state index is -0.502. The van der Waals surface area contributed by atoms with E-state index in [1.54, 1.807) is 0 Å². The number of hydrogen-bond donors (Lipinski definition) is 0. The summed E-state index contributed by atoms with van der Waals surface area (Å²) in [6, 6.07) is 26.9. The third-order valence-electron chi connectivity index (χ3n) is 10.4. The van der Waals surface area contributed by atoms with Gasteiger partial charge in [-0.2, -0.15) is 0 Å². The van der Waals surface area contributed by atoms with Gasteiger partial charge in [0.1, 0.15) is 0 Å². The zero-order valence-electron chi connectivity index (χ0n) is 21.4. The van der Waals surface area contributed by atoms with Gasteiger partial charge in [0.15, 0.2) is 0 Å². The Labute approximate surface area is 229 Å². The molecule has 8 atom stereocenters. The van der Waals surface area contributed by atoms with E-state index < -0.39 is 23.7 Å². The maximum Gasteiger partial charge on any atom is 0.238 e. The lowest BCUT2D eigenvalue weighted by molar-refractivity contribution is -0.166. The maximum atomic E-state index is 14.0. The zero-order chi connectivity index (χ0) is 26.9. The second-order valence-electron chi connectivity index (χ2n) is 11.8. The molecule has 40 heavy (non-hydrogen) atoms. The van der Waals surface area contributed by atoms with Crippen molar-refractivity contribution in [1.82, 2.24) is 0 Å². The number of allylic oxidation sites excluding steroid dienone is 2. The molecule has 194 valence electrons. The van der Waals surface area contributed by atoms with Gasteiger partial charge in [-0.3, -0.25) is 19.2 Å². The fourth-order valence-corrected chi connectivity index (χ4v) is 8.88. The molecule has 2 heterocycles. The number of benzene rings is 4. The van der Waals surface area contributed by atoms with Crippen LogP contribution in [0.4, 0.5) is 11.4 Å². The van der Waals surface area contributed by atoms with E-state index >= 15 is 0 Å². The molecule has 6 heteroatoms. The Morgan fingerprint density at radius 1 is 0.425 bits per heavy atom. The monoisotopic (exact) mass is 524 g/mol. The topological polar surface area (TPSA) is 74.8 Å². The summed E-state index contributed by atoms with van der Waals surface area (Å²) in [5, 5.41) is 3.67. The summed E-state index contributed by atoms with van der Waals surface area (Å²) in [5.41, 5.74) is 1.23. The van der Waals surface area contributed by atoms with Gasteiger partial charge >= 0.3 is 0 Å². The highest BCUT2D eigenvalue weighted by atomic mass is 16.2. The predicted octanol–water partition coefficient (Wildman–Crippen LogP) is 4.97. The highest BCUT2D eigenvalue weighted by Crippen LogP contribution is 2.68. The summed E-state index contributed by atoms with van der Waals surface area (Å²) in [5.74, 6) is -3.32. The van der Waals surface area contributed by atoms with E-state index in [-0.39, 0.29) is 47.3 Å². The number of amides is 4. The molecule has 4 amide bonds. The van der Waals surface area contributed by atoms with Crippen LogP contribution in [0.15, 0.2) is 97.1 Å². The highest BCUT2D eigenvalue weighted by Gasteiger charge is 2.75. The number of anilines is 2. The van der Waals surface area contributed by atoms with Crippen molar-refractivity contribution < 1.29 is 19.2 Å². The average molecular weight is 525 g/mol. The molecule has 0 spiro atoms. The summed E-state index contributed by atoms with van der Waals surface area (Å²) >= 11 is 0. The van der Waals surface area contributed by atoms with Crippen LogP contribution in [0.2, 0.25) is 0 Å². The number of rotatable bonds is 2. The van der Waals surface area contributed by atoms with Crippen molar-refractivity contribution in [3.63, 3.8) is 0 Å². The Hall–Kier alpha value is -4.58. The smallest absolute Gasteiger partial charge is 0.238 e. The van der Waals surface area contributed by atoms with E-state index in [2.05, 4.69) is 12.2 Å². The third-order valence-corrected chi connectivity index (χ3v) is 10.4. The van der Waals surface area contributed by atoms with Gasteiger partial charge in [-0.25, -0.2) is 9.80 Å². The van der Waals surface area contributed by atoms with Gasteiger partial charge in [-0.05, 0) is 46.6 Å². The van der Waals surface area contributed by atoms with Crippen LogP contribution < -0.4 is 9.80 Å². The number of carbonyl (C=O) groups is 4. The minimum absolute atomic E-state index is 0.109. The largest absolute Gasteiger partial charge is 0.274 e. The van der Waals surface area contributed by atoms with Gasteiger partial charge in [-0.15, -0.1) is 0 Å². The summed E-state index contributed by atoms with van der Waals surface area (Å²) < 4.78 is 0. The number of carbonyl (C=O) groups excluding carboxylic acids is 4. The van der Waals surface area contributed by atoms with E-state index in [4.69, 9.17) is 0 Å². The molecule has 2 aliphatic heterocycles. The SMILES string of the molecule is O=C1[C@@H]2[C@H]3C=C[C@H]([C@@H]2C(=O)N1c1cccc2ccccc12)[C@@H]1[C@@H]2C(=O)N(c4cccc5ccccc45)C(=O)[C@@H]2[C@@H]31. The summed E-state index contributed by atoms with van der Waals surface area (Å²) in [6.45, 7) is 0. The second-order valence-corrected chi connectivity index (χ2v) is 11.8. The fourth-order valence-electron chi connectivity index (χ4n) is 8.88. The first-order chi connectivity index (χ1) is 19.6. The van der Waals surface area contributed by atoms with E-state index in [0.717, 1.165) is 21.5 Å². The molecule has 4 aromatic rings. The van der Waals surface area contributed by atoms with Crippen LogP contribution in [-0.2, 0) is 19.2 Å². The molecule has 0 aromatic heterocycles. The normalized spacial score (nSPS) is 33.5. The number of nitrogens with zero attached hydrogens (tertiary/aromatic N) is 2. The maximum absolute atomic E-state index is 14.0. The molecular formula is C34H24N2O4. The first-order valence-corrected chi connectivity index (χ1v) is 14.0. The van der Waals surface area contributed by atoms with Crippen molar-refractivity contribution in [3.8, 4) is 0 Å². The predicted molar refractivity (Wildman–Crippen MR) is 150 cm³/mol. The molecular weight excluding hydrogens is 500 g/mol. The van der Waals surface area contributed by atoms with E-state index in [9.17, 15) is 19.2 Å². The summed E-state index contributed by atoms with van der Waals surface area (Å²) in [7, 11) is 0. The van der Waals surface area contributed by atoms with Crippen LogP contribution in [0, 0.1) is 47.3 Å². The first kappa shape index (κ1) is 22.3. The van der Waals surface area contributed by atoms with Crippen LogP contribution >= 0.6 is 0 Å². The molecule has 0 radical (unpaired) electrons. The number of fused-ring (bicyclic) bond motifs is 3. The van der Waals surface area contributed by atoms with Crippen molar-refractivity contribution in [3.05, 3.63) is 97.1 Å². The molecule has 6 nitrogen and oxygen atoms in total. The Morgan fingerprint density at radius 2 is 0.800 bits per heavy atom. The molecule has 4 aliphatic carbocycles. The molecule has 0 N–H and O–H groups in total.